The first-order valence-corrected chi connectivity index (χ1v) is 7.04. The summed E-state index contributed by atoms with van der Waals surface area (Å²) >= 11 is 0. The molecule has 0 aliphatic heterocycles. The monoisotopic (exact) mass is 289 g/mol. The van der Waals surface area contributed by atoms with Gasteiger partial charge in [0.05, 0.1) is 6.61 Å². The van der Waals surface area contributed by atoms with Crippen LogP contribution in [-0.2, 0) is 6.61 Å². The third-order valence-electron chi connectivity index (χ3n) is 3.30. The Hall–Kier alpha value is -1.91. The van der Waals surface area contributed by atoms with E-state index in [-0.39, 0.29) is 24.2 Å². The minimum atomic E-state index is -0.386. The number of ether oxygens (including phenoxy) is 1. The minimum absolute atomic E-state index is 0.0222. The standard InChI is InChI=1S/C17H20FNO2/c1-3-19-12(2)14-6-9-17(16(18)10-14)21-15-7-4-13(11-20)5-8-15/h4-10,12,19-20H,3,11H2,1-2H3. The minimum Gasteiger partial charge on any atom is -0.454 e. The molecule has 4 heteroatoms. The van der Waals surface area contributed by atoms with Crippen molar-refractivity contribution in [3.63, 3.8) is 0 Å². The highest BCUT2D eigenvalue weighted by atomic mass is 19.1. The normalized spacial score (nSPS) is 12.2. The smallest absolute Gasteiger partial charge is 0.166 e. The summed E-state index contributed by atoms with van der Waals surface area (Å²) < 4.78 is 19.6. The van der Waals surface area contributed by atoms with Crippen LogP contribution in [0, 0.1) is 5.82 Å². The lowest BCUT2D eigenvalue weighted by Gasteiger charge is -2.14. The van der Waals surface area contributed by atoms with Gasteiger partial charge >= 0.3 is 0 Å². The summed E-state index contributed by atoms with van der Waals surface area (Å²) in [6, 6.07) is 12.0. The SMILES string of the molecule is CCNC(C)c1ccc(Oc2ccc(CO)cc2)c(F)c1. The van der Waals surface area contributed by atoms with Gasteiger partial charge in [0.1, 0.15) is 5.75 Å². The Labute approximate surface area is 124 Å². The van der Waals surface area contributed by atoms with Gasteiger partial charge in [0.2, 0.25) is 0 Å². The van der Waals surface area contributed by atoms with E-state index in [4.69, 9.17) is 9.84 Å². The van der Waals surface area contributed by atoms with Crippen molar-refractivity contribution in [2.24, 2.45) is 0 Å². The first-order valence-electron chi connectivity index (χ1n) is 7.04. The summed E-state index contributed by atoms with van der Waals surface area (Å²) in [5, 5.41) is 12.2. The maximum Gasteiger partial charge on any atom is 0.166 e. The van der Waals surface area contributed by atoms with Crippen molar-refractivity contribution < 1.29 is 14.2 Å². The molecule has 0 aromatic heterocycles. The molecular weight excluding hydrogens is 269 g/mol. The molecule has 0 fully saturated rings. The quantitative estimate of drug-likeness (QED) is 0.850. The van der Waals surface area contributed by atoms with Gasteiger partial charge in [-0.1, -0.05) is 25.1 Å². The second kappa shape index (κ2) is 7.20. The highest BCUT2D eigenvalue weighted by Gasteiger charge is 2.10. The molecule has 1 unspecified atom stereocenters. The molecule has 0 bridgehead atoms. The van der Waals surface area contributed by atoms with Crippen molar-refractivity contribution in [2.75, 3.05) is 6.54 Å². The zero-order valence-electron chi connectivity index (χ0n) is 12.3. The Kier molecular flexibility index (Phi) is 5.31. The van der Waals surface area contributed by atoms with E-state index in [2.05, 4.69) is 5.32 Å². The van der Waals surface area contributed by atoms with Gasteiger partial charge in [-0.25, -0.2) is 4.39 Å². The van der Waals surface area contributed by atoms with Gasteiger partial charge in [0, 0.05) is 6.04 Å². The fourth-order valence-corrected chi connectivity index (χ4v) is 2.08. The van der Waals surface area contributed by atoms with Crippen molar-refractivity contribution in [2.45, 2.75) is 26.5 Å². The van der Waals surface area contributed by atoms with Crippen molar-refractivity contribution in [3.8, 4) is 11.5 Å². The molecule has 2 aromatic rings. The molecule has 0 aliphatic rings. The van der Waals surface area contributed by atoms with Crippen LogP contribution in [0.1, 0.15) is 31.0 Å². The number of aliphatic hydroxyl groups excluding tert-OH is 1. The lowest BCUT2D eigenvalue weighted by atomic mass is 10.1. The molecule has 0 saturated heterocycles. The number of hydrogen-bond donors (Lipinski definition) is 2. The van der Waals surface area contributed by atoms with Gasteiger partial charge in [-0.15, -0.1) is 0 Å². The highest BCUT2D eigenvalue weighted by Crippen LogP contribution is 2.27. The zero-order valence-corrected chi connectivity index (χ0v) is 12.3. The predicted octanol–water partition coefficient (Wildman–Crippen LogP) is 3.78. The van der Waals surface area contributed by atoms with Gasteiger partial charge in [-0.3, -0.25) is 0 Å². The fourth-order valence-electron chi connectivity index (χ4n) is 2.08. The van der Waals surface area contributed by atoms with Gasteiger partial charge < -0.3 is 15.2 Å². The summed E-state index contributed by atoms with van der Waals surface area (Å²) in [6.07, 6.45) is 0. The molecule has 0 spiro atoms. The molecular formula is C17H20FNO2. The average molecular weight is 289 g/mol. The van der Waals surface area contributed by atoms with Crippen LogP contribution in [0.3, 0.4) is 0 Å². The molecule has 2 rings (SSSR count). The first-order chi connectivity index (χ1) is 10.1. The molecule has 21 heavy (non-hydrogen) atoms. The van der Waals surface area contributed by atoms with Gasteiger partial charge in [0.15, 0.2) is 11.6 Å². The Morgan fingerprint density at radius 1 is 1.19 bits per heavy atom. The third kappa shape index (κ3) is 4.03. The van der Waals surface area contributed by atoms with Crippen LogP contribution in [0.15, 0.2) is 42.5 Å². The first kappa shape index (κ1) is 15.5. The van der Waals surface area contributed by atoms with Crippen molar-refractivity contribution >= 4 is 0 Å². The predicted molar refractivity (Wildman–Crippen MR) is 80.9 cm³/mol. The van der Waals surface area contributed by atoms with Crippen LogP contribution in [-0.4, -0.2) is 11.7 Å². The maximum atomic E-state index is 14.1. The van der Waals surface area contributed by atoms with Crippen molar-refractivity contribution in [3.05, 3.63) is 59.4 Å². The molecule has 0 saturated carbocycles. The van der Waals surface area contributed by atoms with E-state index in [1.807, 2.05) is 19.9 Å². The number of nitrogens with one attached hydrogen (secondary N) is 1. The molecule has 0 aliphatic carbocycles. The van der Waals surface area contributed by atoms with Gasteiger partial charge in [-0.05, 0) is 48.9 Å². The van der Waals surface area contributed by atoms with E-state index in [0.717, 1.165) is 17.7 Å². The van der Waals surface area contributed by atoms with E-state index in [1.165, 1.54) is 6.07 Å². The average Bonchev–Trinajstić information content (AvgIpc) is 2.50. The topological polar surface area (TPSA) is 41.5 Å². The molecule has 2 N–H and O–H groups in total. The molecule has 2 aromatic carbocycles. The lowest BCUT2D eigenvalue weighted by molar-refractivity contribution is 0.281. The molecule has 3 nitrogen and oxygen atoms in total. The Morgan fingerprint density at radius 2 is 1.90 bits per heavy atom. The van der Waals surface area contributed by atoms with Crippen LogP contribution < -0.4 is 10.1 Å². The van der Waals surface area contributed by atoms with Crippen molar-refractivity contribution in [1.29, 1.82) is 0 Å². The molecule has 0 radical (unpaired) electrons. The number of rotatable bonds is 6. The van der Waals surface area contributed by atoms with Crippen LogP contribution >= 0.6 is 0 Å². The van der Waals surface area contributed by atoms with Crippen LogP contribution in [0.4, 0.5) is 4.39 Å². The van der Waals surface area contributed by atoms with Crippen LogP contribution in [0.2, 0.25) is 0 Å². The van der Waals surface area contributed by atoms with E-state index in [1.54, 1.807) is 30.3 Å². The summed E-state index contributed by atoms with van der Waals surface area (Å²) in [4.78, 5) is 0. The van der Waals surface area contributed by atoms with E-state index >= 15 is 0 Å². The fraction of sp³-hybridized carbons (Fsp3) is 0.294. The summed E-state index contributed by atoms with van der Waals surface area (Å²) in [5.74, 6) is 0.348. The van der Waals surface area contributed by atoms with E-state index < -0.39 is 0 Å². The molecule has 1 atom stereocenters. The van der Waals surface area contributed by atoms with Crippen molar-refractivity contribution in [1.82, 2.24) is 5.32 Å². The summed E-state index contributed by atoms with van der Waals surface area (Å²) in [5.41, 5.74) is 1.68. The number of hydrogen-bond acceptors (Lipinski definition) is 3. The largest absolute Gasteiger partial charge is 0.454 e. The molecule has 0 amide bonds. The number of halogens is 1. The Bertz CT molecular complexity index is 584. The maximum absolute atomic E-state index is 14.1. The van der Waals surface area contributed by atoms with Crippen LogP contribution in [0.25, 0.3) is 0 Å². The highest BCUT2D eigenvalue weighted by molar-refractivity contribution is 5.36. The summed E-state index contributed by atoms with van der Waals surface area (Å²) in [6.45, 7) is 4.82. The van der Waals surface area contributed by atoms with Gasteiger partial charge in [0.25, 0.3) is 0 Å². The Morgan fingerprint density at radius 3 is 2.48 bits per heavy atom. The number of aliphatic hydroxyl groups is 1. The lowest BCUT2D eigenvalue weighted by Crippen LogP contribution is -2.17. The van der Waals surface area contributed by atoms with E-state index in [0.29, 0.717) is 5.75 Å². The molecule has 0 heterocycles. The number of benzene rings is 2. The van der Waals surface area contributed by atoms with Crippen LogP contribution in [0.5, 0.6) is 11.5 Å². The van der Waals surface area contributed by atoms with E-state index in [9.17, 15) is 4.39 Å². The third-order valence-corrected chi connectivity index (χ3v) is 3.30. The summed E-state index contributed by atoms with van der Waals surface area (Å²) in [7, 11) is 0. The second-order valence-corrected chi connectivity index (χ2v) is 4.87. The zero-order chi connectivity index (χ0) is 15.2. The van der Waals surface area contributed by atoms with Gasteiger partial charge in [-0.2, -0.15) is 0 Å². The molecule has 112 valence electrons. The second-order valence-electron chi connectivity index (χ2n) is 4.87. The Balaban J connectivity index is 2.13.